The molecule has 2 amide bonds. The van der Waals surface area contributed by atoms with Gasteiger partial charge in [0.1, 0.15) is 29.6 Å². The fourth-order valence-corrected chi connectivity index (χ4v) is 3.79. The number of aliphatic imine (C=N–C) groups is 1. The Bertz CT molecular complexity index is 1010. The van der Waals surface area contributed by atoms with Gasteiger partial charge in [-0.25, -0.2) is 9.97 Å². The van der Waals surface area contributed by atoms with E-state index < -0.39 is 5.92 Å². The van der Waals surface area contributed by atoms with Gasteiger partial charge in [0, 0.05) is 38.8 Å². The number of hydrogen-bond donors (Lipinski definition) is 2. The third-order valence-electron chi connectivity index (χ3n) is 5.63. The molecule has 1 unspecified atom stereocenters. The number of likely N-dealkylation sites (N-methyl/N-ethyl adjacent to an activating group) is 1. The van der Waals surface area contributed by atoms with Gasteiger partial charge in [-0.2, -0.15) is 0 Å². The van der Waals surface area contributed by atoms with E-state index >= 15 is 0 Å². The van der Waals surface area contributed by atoms with Crippen LogP contribution in [0.3, 0.4) is 0 Å². The Labute approximate surface area is 187 Å². The Hall–Kier alpha value is -3.49. The number of anilines is 2. The molecule has 2 aliphatic heterocycles. The van der Waals surface area contributed by atoms with Crippen LogP contribution >= 0.6 is 0 Å². The first-order chi connectivity index (χ1) is 15.6. The molecule has 2 N–H and O–H groups in total. The molecule has 9 heteroatoms. The lowest BCUT2D eigenvalue weighted by atomic mass is 10.0. The summed E-state index contributed by atoms with van der Waals surface area (Å²) >= 11 is 0. The first kappa shape index (κ1) is 21.7. The third kappa shape index (κ3) is 5.22. The normalized spacial score (nSPS) is 20.0. The molecule has 1 aromatic heterocycles. The predicted molar refractivity (Wildman–Crippen MR) is 123 cm³/mol. The van der Waals surface area contributed by atoms with Gasteiger partial charge in [0.25, 0.3) is 0 Å². The summed E-state index contributed by atoms with van der Waals surface area (Å²) in [6, 6.07) is 7.51. The van der Waals surface area contributed by atoms with Crippen molar-refractivity contribution >= 4 is 35.4 Å². The topological polar surface area (TPSA) is 109 Å². The van der Waals surface area contributed by atoms with Gasteiger partial charge in [0.05, 0.1) is 17.9 Å². The van der Waals surface area contributed by atoms with E-state index in [1.165, 1.54) is 6.33 Å². The van der Waals surface area contributed by atoms with Crippen molar-refractivity contribution in [2.24, 2.45) is 4.99 Å². The van der Waals surface area contributed by atoms with Crippen molar-refractivity contribution in [3.8, 4) is 5.75 Å². The highest BCUT2D eigenvalue weighted by Crippen LogP contribution is 2.34. The van der Waals surface area contributed by atoms with Crippen molar-refractivity contribution < 1.29 is 14.3 Å². The van der Waals surface area contributed by atoms with Crippen molar-refractivity contribution in [3.63, 3.8) is 0 Å². The molecule has 0 fully saturated rings. The van der Waals surface area contributed by atoms with Gasteiger partial charge in [-0.1, -0.05) is 18.9 Å². The van der Waals surface area contributed by atoms with E-state index in [0.717, 1.165) is 31.4 Å². The molecule has 2 aliphatic rings. The molecule has 0 saturated heterocycles. The van der Waals surface area contributed by atoms with E-state index in [-0.39, 0.29) is 11.8 Å². The molecule has 0 spiro atoms. The van der Waals surface area contributed by atoms with Crippen molar-refractivity contribution in [2.75, 3.05) is 37.4 Å². The van der Waals surface area contributed by atoms with Crippen molar-refractivity contribution in [2.45, 2.75) is 38.0 Å². The second-order valence-electron chi connectivity index (χ2n) is 7.98. The number of benzene rings is 1. The van der Waals surface area contributed by atoms with Crippen LogP contribution < -0.4 is 15.4 Å². The molecule has 2 bridgehead atoms. The van der Waals surface area contributed by atoms with E-state index in [9.17, 15) is 9.59 Å². The Morgan fingerprint density at radius 1 is 1.09 bits per heavy atom. The number of nitrogens with one attached hydrogen (secondary N) is 2. The molecule has 32 heavy (non-hydrogen) atoms. The molecule has 4 rings (SSSR count). The first-order valence-corrected chi connectivity index (χ1v) is 11.0. The summed E-state index contributed by atoms with van der Waals surface area (Å²) in [5.74, 6) is 1.11. The minimum atomic E-state index is -0.608. The van der Waals surface area contributed by atoms with Crippen LogP contribution in [0, 0.1) is 0 Å². The van der Waals surface area contributed by atoms with E-state index in [1.807, 2.05) is 31.3 Å². The first-order valence-electron chi connectivity index (χ1n) is 11.0. The molecular formula is C23H28N6O3. The molecule has 0 saturated carbocycles. The highest BCUT2D eigenvalue weighted by molar-refractivity contribution is 6.13. The fourth-order valence-electron chi connectivity index (χ4n) is 3.79. The predicted octanol–water partition coefficient (Wildman–Crippen LogP) is 3.13. The van der Waals surface area contributed by atoms with Gasteiger partial charge in [0.2, 0.25) is 11.8 Å². The minimum absolute atomic E-state index is 0.129. The highest BCUT2D eigenvalue weighted by Gasteiger charge is 2.33. The fraction of sp³-hybridized carbons (Fsp3) is 0.435. The van der Waals surface area contributed by atoms with E-state index in [0.29, 0.717) is 49.0 Å². The van der Waals surface area contributed by atoms with Crippen LogP contribution in [0.15, 0.2) is 35.6 Å². The van der Waals surface area contributed by atoms with Gasteiger partial charge in [0.15, 0.2) is 0 Å². The van der Waals surface area contributed by atoms with Crippen LogP contribution in [0.1, 0.15) is 43.6 Å². The third-order valence-corrected chi connectivity index (χ3v) is 5.63. The van der Waals surface area contributed by atoms with Crippen LogP contribution in [0.25, 0.3) is 0 Å². The zero-order valence-electron chi connectivity index (χ0n) is 18.2. The summed E-state index contributed by atoms with van der Waals surface area (Å²) < 4.78 is 5.85. The van der Waals surface area contributed by atoms with E-state index in [4.69, 9.17) is 4.74 Å². The molecule has 3 heterocycles. The summed E-state index contributed by atoms with van der Waals surface area (Å²) in [5, 5.41) is 6.05. The van der Waals surface area contributed by atoms with Crippen LogP contribution in [-0.4, -0.2) is 59.6 Å². The number of fused-ring (bicyclic) bond motifs is 2. The van der Waals surface area contributed by atoms with E-state index in [2.05, 4.69) is 25.6 Å². The quantitative estimate of drug-likeness (QED) is 0.657. The second-order valence-corrected chi connectivity index (χ2v) is 7.98. The van der Waals surface area contributed by atoms with Gasteiger partial charge >= 0.3 is 0 Å². The van der Waals surface area contributed by atoms with Gasteiger partial charge in [-0.05, 0) is 25.0 Å². The Kier molecular flexibility index (Phi) is 6.94. The largest absolute Gasteiger partial charge is 0.494 e. The standard InChI is InChI=1S/C23H28N6O3/c1-29-11-10-24-21-20-18(23(31)28-22(20)27-15-26-21)14-25-16-7-6-8-17(13-16)32-12-5-3-2-4-9-19(29)30/h6-8,13-15,18H,2-5,9-12H2,1H3,(H2,24,26,27,28,31). The van der Waals surface area contributed by atoms with Gasteiger partial charge in [-0.15, -0.1) is 0 Å². The second kappa shape index (κ2) is 10.2. The lowest BCUT2D eigenvalue weighted by Crippen LogP contribution is -2.31. The molecule has 1 atom stereocenters. The van der Waals surface area contributed by atoms with E-state index in [1.54, 1.807) is 11.1 Å². The monoisotopic (exact) mass is 436 g/mol. The molecule has 168 valence electrons. The Morgan fingerprint density at radius 3 is 2.84 bits per heavy atom. The maximum absolute atomic E-state index is 12.6. The number of hydrogen-bond acceptors (Lipinski definition) is 7. The summed E-state index contributed by atoms with van der Waals surface area (Å²) in [4.78, 5) is 39.7. The molecular weight excluding hydrogens is 408 g/mol. The summed E-state index contributed by atoms with van der Waals surface area (Å²) in [5.41, 5.74) is 1.38. The van der Waals surface area contributed by atoms with Crippen LogP contribution in [-0.2, 0) is 9.59 Å². The number of amides is 2. The number of carbonyl (C=O) groups excluding carboxylic acids is 2. The lowest BCUT2D eigenvalue weighted by Gasteiger charge is -2.18. The molecule has 0 aliphatic carbocycles. The van der Waals surface area contributed by atoms with Crippen LogP contribution in [0.5, 0.6) is 5.75 Å². The van der Waals surface area contributed by atoms with Gasteiger partial charge in [-0.3, -0.25) is 14.6 Å². The summed E-state index contributed by atoms with van der Waals surface area (Å²) in [6.07, 6.45) is 7.39. The summed E-state index contributed by atoms with van der Waals surface area (Å²) in [6.45, 7) is 1.67. The maximum atomic E-state index is 12.6. The SMILES string of the molecule is CN1CCNc2ncnc3c2C(C=Nc2cccc(c2)OCCCCCCC1=O)C(=O)N3. The van der Waals surface area contributed by atoms with Crippen LogP contribution in [0.4, 0.5) is 17.3 Å². The smallest absolute Gasteiger partial charge is 0.238 e. The number of carbonyl (C=O) groups is 2. The molecule has 0 radical (unpaired) electrons. The lowest BCUT2D eigenvalue weighted by molar-refractivity contribution is -0.129. The van der Waals surface area contributed by atoms with Crippen LogP contribution in [0.2, 0.25) is 0 Å². The van der Waals surface area contributed by atoms with Crippen molar-refractivity contribution in [3.05, 3.63) is 36.2 Å². The number of nitrogens with zero attached hydrogens (tertiary/aromatic N) is 4. The number of rotatable bonds is 0. The van der Waals surface area contributed by atoms with Crippen molar-refractivity contribution in [1.29, 1.82) is 0 Å². The molecule has 2 aromatic rings. The Balaban J connectivity index is 1.58. The number of ether oxygens (including phenoxy) is 1. The van der Waals surface area contributed by atoms with Crippen molar-refractivity contribution in [1.82, 2.24) is 14.9 Å². The zero-order chi connectivity index (χ0) is 22.3. The molecule has 1 aromatic carbocycles. The summed E-state index contributed by atoms with van der Waals surface area (Å²) in [7, 11) is 1.81. The molecule has 9 nitrogen and oxygen atoms in total. The average molecular weight is 437 g/mol. The van der Waals surface area contributed by atoms with Gasteiger partial charge < -0.3 is 20.3 Å². The zero-order valence-corrected chi connectivity index (χ0v) is 18.2. The average Bonchev–Trinajstić information content (AvgIpc) is 3.12. The minimum Gasteiger partial charge on any atom is -0.494 e. The number of aromatic nitrogens is 2. The highest BCUT2D eigenvalue weighted by atomic mass is 16.5. The Morgan fingerprint density at radius 2 is 1.94 bits per heavy atom. The maximum Gasteiger partial charge on any atom is 0.238 e.